The highest BCUT2D eigenvalue weighted by molar-refractivity contribution is 7.08. The van der Waals surface area contributed by atoms with Crippen molar-refractivity contribution >= 4 is 11.3 Å². The summed E-state index contributed by atoms with van der Waals surface area (Å²) in [5.41, 5.74) is 4.13. The van der Waals surface area contributed by atoms with Crippen LogP contribution in [0.3, 0.4) is 0 Å². The van der Waals surface area contributed by atoms with Gasteiger partial charge >= 0.3 is 0 Å². The van der Waals surface area contributed by atoms with Crippen molar-refractivity contribution in [2.45, 2.75) is 12.2 Å². The second-order valence-electron chi connectivity index (χ2n) is 5.15. The summed E-state index contributed by atoms with van der Waals surface area (Å²) in [6.45, 7) is 0. The quantitative estimate of drug-likeness (QED) is 0.900. The predicted octanol–water partition coefficient (Wildman–Crippen LogP) is 4.52. The molecule has 1 heterocycles. The maximum absolute atomic E-state index is 10.6. The highest BCUT2D eigenvalue weighted by atomic mass is 32.1. The number of rotatable bonds is 4. The van der Waals surface area contributed by atoms with Crippen LogP contribution in [0.25, 0.3) is 11.1 Å². The van der Waals surface area contributed by atoms with E-state index in [0.717, 1.165) is 11.1 Å². The molecule has 2 unspecified atom stereocenters. The molecule has 0 spiro atoms. The molecule has 3 heteroatoms. The maximum Gasteiger partial charge on any atom is 0.104 e. The van der Waals surface area contributed by atoms with Crippen molar-refractivity contribution in [3.63, 3.8) is 0 Å². The molecule has 3 rings (SSSR count). The highest BCUT2D eigenvalue weighted by Gasteiger charge is 2.13. The van der Waals surface area contributed by atoms with E-state index in [0.29, 0.717) is 0 Å². The van der Waals surface area contributed by atoms with E-state index < -0.39 is 6.10 Å². The number of allylic oxidation sites excluding steroid dienone is 2. The van der Waals surface area contributed by atoms with Crippen molar-refractivity contribution in [3.05, 3.63) is 82.6 Å². The van der Waals surface area contributed by atoms with Gasteiger partial charge in [-0.3, -0.25) is 0 Å². The first-order chi connectivity index (χ1) is 10.8. The molecule has 1 aromatic heterocycles. The SMILES string of the molecule is COC1C=CC=C(C(O)c2ccc(-c3ccsc3)cc2)C=C1. The number of hydrogen-bond acceptors (Lipinski definition) is 3. The Hall–Kier alpha value is -1.94. The molecule has 1 aromatic carbocycles. The summed E-state index contributed by atoms with van der Waals surface area (Å²) < 4.78 is 5.27. The van der Waals surface area contributed by atoms with Crippen LogP contribution in [0.2, 0.25) is 0 Å². The van der Waals surface area contributed by atoms with Gasteiger partial charge in [-0.1, -0.05) is 54.6 Å². The lowest BCUT2D eigenvalue weighted by molar-refractivity contribution is 0.177. The molecule has 1 aliphatic carbocycles. The Morgan fingerprint density at radius 3 is 2.59 bits per heavy atom. The minimum atomic E-state index is -0.631. The molecule has 0 fully saturated rings. The Kier molecular flexibility index (Phi) is 4.68. The summed E-state index contributed by atoms with van der Waals surface area (Å²) in [6.07, 6.45) is 8.99. The van der Waals surface area contributed by atoms with Crippen molar-refractivity contribution in [3.8, 4) is 11.1 Å². The van der Waals surface area contributed by atoms with Gasteiger partial charge in [0.1, 0.15) is 6.10 Å². The predicted molar refractivity (Wildman–Crippen MR) is 91.9 cm³/mol. The van der Waals surface area contributed by atoms with Gasteiger partial charge in [0.25, 0.3) is 0 Å². The average Bonchev–Trinajstić information content (AvgIpc) is 2.99. The third-order valence-electron chi connectivity index (χ3n) is 3.74. The minimum absolute atomic E-state index is 0.0399. The Labute approximate surface area is 134 Å². The standard InChI is InChI=1S/C19H18O2S/c1-21-18-4-2-3-15(9-10-18)19(20)16-7-5-14(6-8-16)17-11-12-22-13-17/h2-13,18-20H,1H3. The summed E-state index contributed by atoms with van der Waals surface area (Å²) in [7, 11) is 1.67. The van der Waals surface area contributed by atoms with Crippen LogP contribution in [0.4, 0.5) is 0 Å². The van der Waals surface area contributed by atoms with Crippen LogP contribution in [0.5, 0.6) is 0 Å². The fourth-order valence-corrected chi connectivity index (χ4v) is 3.09. The monoisotopic (exact) mass is 310 g/mol. The van der Waals surface area contributed by atoms with Gasteiger partial charge in [0.15, 0.2) is 0 Å². The zero-order valence-electron chi connectivity index (χ0n) is 12.3. The Balaban J connectivity index is 1.79. The van der Waals surface area contributed by atoms with E-state index in [9.17, 15) is 5.11 Å². The summed E-state index contributed by atoms with van der Waals surface area (Å²) in [4.78, 5) is 0. The van der Waals surface area contributed by atoms with Gasteiger partial charge < -0.3 is 9.84 Å². The van der Waals surface area contributed by atoms with Crippen LogP contribution in [0.1, 0.15) is 11.7 Å². The zero-order valence-corrected chi connectivity index (χ0v) is 13.2. The van der Waals surface area contributed by atoms with E-state index in [1.54, 1.807) is 18.4 Å². The fraction of sp³-hybridized carbons (Fsp3) is 0.158. The number of ether oxygens (including phenoxy) is 1. The molecule has 22 heavy (non-hydrogen) atoms. The first-order valence-corrected chi connectivity index (χ1v) is 8.12. The average molecular weight is 310 g/mol. The van der Waals surface area contributed by atoms with E-state index in [1.807, 2.05) is 42.5 Å². The second kappa shape index (κ2) is 6.88. The zero-order chi connectivity index (χ0) is 15.4. The van der Waals surface area contributed by atoms with Crippen molar-refractivity contribution < 1.29 is 9.84 Å². The van der Waals surface area contributed by atoms with Crippen molar-refractivity contribution in [1.29, 1.82) is 0 Å². The molecule has 0 bridgehead atoms. The molecule has 0 aliphatic heterocycles. The number of aliphatic hydroxyl groups is 1. The van der Waals surface area contributed by atoms with Gasteiger partial charge in [-0.2, -0.15) is 11.3 Å². The minimum Gasteiger partial charge on any atom is -0.384 e. The molecule has 2 atom stereocenters. The summed E-state index contributed by atoms with van der Waals surface area (Å²) in [5.74, 6) is 0. The molecular weight excluding hydrogens is 292 g/mol. The molecular formula is C19H18O2S. The third-order valence-corrected chi connectivity index (χ3v) is 4.42. The van der Waals surface area contributed by atoms with Crippen LogP contribution >= 0.6 is 11.3 Å². The van der Waals surface area contributed by atoms with Gasteiger partial charge in [-0.15, -0.1) is 0 Å². The van der Waals surface area contributed by atoms with Gasteiger partial charge in [0.2, 0.25) is 0 Å². The molecule has 0 radical (unpaired) electrons. The molecule has 2 aromatic rings. The van der Waals surface area contributed by atoms with Gasteiger partial charge in [-0.25, -0.2) is 0 Å². The van der Waals surface area contributed by atoms with Gasteiger partial charge in [0, 0.05) is 7.11 Å². The van der Waals surface area contributed by atoms with Crippen LogP contribution in [0, 0.1) is 0 Å². The summed E-state index contributed by atoms with van der Waals surface area (Å²) in [5, 5.41) is 14.7. The van der Waals surface area contributed by atoms with Crippen molar-refractivity contribution in [2.75, 3.05) is 7.11 Å². The number of hydrogen-bond donors (Lipinski definition) is 1. The normalized spacial score (nSPS) is 18.8. The molecule has 112 valence electrons. The number of benzene rings is 1. The van der Waals surface area contributed by atoms with E-state index in [-0.39, 0.29) is 6.10 Å². The maximum atomic E-state index is 10.6. The van der Waals surface area contributed by atoms with E-state index in [1.165, 1.54) is 11.1 Å². The number of thiophene rings is 1. The molecule has 2 nitrogen and oxygen atoms in total. The van der Waals surface area contributed by atoms with Crippen LogP contribution in [-0.2, 0) is 4.74 Å². The van der Waals surface area contributed by atoms with Crippen LogP contribution < -0.4 is 0 Å². The lowest BCUT2D eigenvalue weighted by Crippen LogP contribution is -2.02. The van der Waals surface area contributed by atoms with Crippen LogP contribution in [-0.4, -0.2) is 18.3 Å². The third kappa shape index (κ3) is 3.28. The van der Waals surface area contributed by atoms with E-state index in [4.69, 9.17) is 4.74 Å². The van der Waals surface area contributed by atoms with E-state index in [2.05, 4.69) is 29.0 Å². The van der Waals surface area contributed by atoms with Gasteiger partial charge in [-0.05, 0) is 39.1 Å². The number of methoxy groups -OCH3 is 1. The lowest BCUT2D eigenvalue weighted by atomic mass is 9.98. The first-order valence-electron chi connectivity index (χ1n) is 7.18. The number of aliphatic hydroxyl groups excluding tert-OH is 1. The Morgan fingerprint density at radius 1 is 1.09 bits per heavy atom. The molecule has 0 saturated heterocycles. The van der Waals surface area contributed by atoms with Gasteiger partial charge in [0.05, 0.1) is 6.10 Å². The van der Waals surface area contributed by atoms with Crippen LogP contribution in [0.15, 0.2) is 77.0 Å². The largest absolute Gasteiger partial charge is 0.384 e. The summed E-state index contributed by atoms with van der Waals surface area (Å²) in [6, 6.07) is 10.2. The van der Waals surface area contributed by atoms with Crippen molar-refractivity contribution in [2.24, 2.45) is 0 Å². The highest BCUT2D eigenvalue weighted by Crippen LogP contribution is 2.28. The van der Waals surface area contributed by atoms with Crippen molar-refractivity contribution in [1.82, 2.24) is 0 Å². The molecule has 0 amide bonds. The topological polar surface area (TPSA) is 29.5 Å². The Morgan fingerprint density at radius 2 is 1.91 bits per heavy atom. The summed E-state index contributed by atoms with van der Waals surface area (Å²) >= 11 is 1.69. The smallest absolute Gasteiger partial charge is 0.104 e. The lowest BCUT2D eigenvalue weighted by Gasteiger charge is -2.13. The molecule has 1 N–H and O–H groups in total. The fourth-order valence-electron chi connectivity index (χ4n) is 2.42. The van der Waals surface area contributed by atoms with E-state index >= 15 is 0 Å². The molecule has 1 aliphatic rings. The molecule has 0 saturated carbocycles. The first kappa shape index (κ1) is 15.0. The second-order valence-corrected chi connectivity index (χ2v) is 5.93. The Bertz CT molecular complexity index is 694.